The monoisotopic (exact) mass is 315 g/mol. The molecule has 23 heavy (non-hydrogen) atoms. The molecule has 0 saturated carbocycles. The van der Waals surface area contributed by atoms with Crippen LogP contribution in [0.5, 0.6) is 0 Å². The van der Waals surface area contributed by atoms with Crippen molar-refractivity contribution in [1.82, 2.24) is 14.9 Å². The van der Waals surface area contributed by atoms with Crippen LogP contribution in [0.15, 0.2) is 36.5 Å². The van der Waals surface area contributed by atoms with Gasteiger partial charge in [-0.1, -0.05) is 0 Å². The zero-order valence-corrected chi connectivity index (χ0v) is 13.5. The molecule has 7 nitrogen and oxygen atoms in total. The molecule has 1 heterocycles. The molecule has 0 fully saturated rings. The number of hydrogen-bond acceptors (Lipinski definition) is 7. The van der Waals surface area contributed by atoms with Gasteiger partial charge in [0.15, 0.2) is 0 Å². The third-order valence-electron chi connectivity index (χ3n) is 3.08. The lowest BCUT2D eigenvalue weighted by Crippen LogP contribution is -2.21. The molecule has 1 aromatic carbocycles. The van der Waals surface area contributed by atoms with Crippen LogP contribution in [-0.4, -0.2) is 55.1 Å². The predicted molar refractivity (Wildman–Crippen MR) is 90.1 cm³/mol. The Morgan fingerprint density at radius 2 is 1.96 bits per heavy atom. The van der Waals surface area contributed by atoms with Crippen molar-refractivity contribution >= 4 is 23.4 Å². The molecule has 0 aliphatic carbocycles. The molecule has 0 aliphatic heterocycles. The predicted octanol–water partition coefficient (Wildman–Crippen LogP) is 1.98. The normalized spacial score (nSPS) is 10.4. The highest BCUT2D eigenvalue weighted by molar-refractivity contribution is 5.89. The third-order valence-corrected chi connectivity index (χ3v) is 3.08. The molecule has 0 amide bonds. The van der Waals surface area contributed by atoms with Crippen molar-refractivity contribution in [2.75, 3.05) is 44.9 Å². The van der Waals surface area contributed by atoms with E-state index in [0.717, 1.165) is 24.6 Å². The van der Waals surface area contributed by atoms with Crippen molar-refractivity contribution in [2.24, 2.45) is 0 Å². The van der Waals surface area contributed by atoms with Crippen molar-refractivity contribution in [3.05, 3.63) is 42.1 Å². The number of carbonyl (C=O) groups is 1. The van der Waals surface area contributed by atoms with Gasteiger partial charge in [-0.3, -0.25) is 0 Å². The zero-order valence-electron chi connectivity index (χ0n) is 13.5. The summed E-state index contributed by atoms with van der Waals surface area (Å²) in [4.78, 5) is 22.1. The Bertz CT molecular complexity index is 643. The average Bonchev–Trinajstić information content (AvgIpc) is 2.55. The molecule has 0 bridgehead atoms. The Labute approximate surface area is 135 Å². The standard InChI is InChI=1S/C16H21N5O2/c1-21(2)11-10-17-14-8-9-18-16(20-14)19-13-6-4-12(5-7-13)15(22)23-3/h4-9H,10-11H2,1-3H3,(H2,17,18,19,20). The zero-order chi connectivity index (χ0) is 16.7. The molecular weight excluding hydrogens is 294 g/mol. The van der Waals surface area contributed by atoms with E-state index in [1.807, 2.05) is 20.2 Å². The van der Waals surface area contributed by atoms with Gasteiger partial charge in [0.25, 0.3) is 0 Å². The largest absolute Gasteiger partial charge is 0.465 e. The van der Waals surface area contributed by atoms with Crippen LogP contribution in [0.2, 0.25) is 0 Å². The van der Waals surface area contributed by atoms with E-state index in [4.69, 9.17) is 0 Å². The number of ether oxygens (including phenoxy) is 1. The highest BCUT2D eigenvalue weighted by Gasteiger charge is 2.05. The van der Waals surface area contributed by atoms with Gasteiger partial charge < -0.3 is 20.3 Å². The van der Waals surface area contributed by atoms with Crippen LogP contribution in [0.1, 0.15) is 10.4 Å². The Kier molecular flexibility index (Phi) is 5.87. The topological polar surface area (TPSA) is 79.4 Å². The molecule has 0 unspecified atom stereocenters. The second-order valence-electron chi connectivity index (χ2n) is 5.19. The summed E-state index contributed by atoms with van der Waals surface area (Å²) in [6.07, 6.45) is 1.69. The molecule has 122 valence electrons. The minimum absolute atomic E-state index is 0.361. The molecule has 0 atom stereocenters. The number of benzene rings is 1. The van der Waals surface area contributed by atoms with Gasteiger partial charge in [-0.2, -0.15) is 4.98 Å². The van der Waals surface area contributed by atoms with Crippen LogP contribution in [0, 0.1) is 0 Å². The number of anilines is 3. The molecule has 2 N–H and O–H groups in total. The lowest BCUT2D eigenvalue weighted by molar-refractivity contribution is 0.0601. The van der Waals surface area contributed by atoms with Gasteiger partial charge in [0.2, 0.25) is 5.95 Å². The molecule has 2 aromatic rings. The second-order valence-corrected chi connectivity index (χ2v) is 5.19. The first-order chi connectivity index (χ1) is 11.1. The summed E-state index contributed by atoms with van der Waals surface area (Å²) >= 11 is 0. The highest BCUT2D eigenvalue weighted by Crippen LogP contribution is 2.15. The van der Waals surface area contributed by atoms with Crippen LogP contribution in [0.25, 0.3) is 0 Å². The number of nitrogens with zero attached hydrogens (tertiary/aromatic N) is 3. The van der Waals surface area contributed by atoms with Crippen LogP contribution >= 0.6 is 0 Å². The lowest BCUT2D eigenvalue weighted by atomic mass is 10.2. The van der Waals surface area contributed by atoms with E-state index in [1.165, 1.54) is 7.11 Å². The van der Waals surface area contributed by atoms with Gasteiger partial charge >= 0.3 is 5.97 Å². The number of esters is 1. The van der Waals surface area contributed by atoms with Gasteiger partial charge in [-0.25, -0.2) is 9.78 Å². The van der Waals surface area contributed by atoms with Crippen molar-refractivity contribution in [3.8, 4) is 0 Å². The van der Waals surface area contributed by atoms with Crippen LogP contribution in [-0.2, 0) is 4.74 Å². The number of carbonyl (C=O) groups excluding carboxylic acids is 1. The number of rotatable bonds is 7. The van der Waals surface area contributed by atoms with E-state index in [9.17, 15) is 4.79 Å². The smallest absolute Gasteiger partial charge is 0.337 e. The Morgan fingerprint density at radius 3 is 2.61 bits per heavy atom. The van der Waals surface area contributed by atoms with Crippen LogP contribution in [0.4, 0.5) is 17.5 Å². The van der Waals surface area contributed by atoms with Gasteiger partial charge in [-0.05, 0) is 44.4 Å². The second kappa shape index (κ2) is 8.09. The maximum Gasteiger partial charge on any atom is 0.337 e. The fraction of sp³-hybridized carbons (Fsp3) is 0.312. The molecule has 0 spiro atoms. The lowest BCUT2D eigenvalue weighted by Gasteiger charge is -2.11. The van der Waals surface area contributed by atoms with Crippen molar-refractivity contribution < 1.29 is 9.53 Å². The minimum Gasteiger partial charge on any atom is -0.465 e. The van der Waals surface area contributed by atoms with Gasteiger partial charge in [0.05, 0.1) is 12.7 Å². The molecule has 0 saturated heterocycles. The molecule has 0 aliphatic rings. The Balaban J connectivity index is 1.98. The summed E-state index contributed by atoms with van der Waals surface area (Å²) in [5.74, 6) is 0.890. The molecule has 7 heteroatoms. The first-order valence-corrected chi connectivity index (χ1v) is 7.25. The van der Waals surface area contributed by atoms with E-state index in [-0.39, 0.29) is 5.97 Å². The number of nitrogens with one attached hydrogen (secondary N) is 2. The Hall–Kier alpha value is -2.67. The van der Waals surface area contributed by atoms with E-state index in [2.05, 4.69) is 30.2 Å². The SMILES string of the molecule is COC(=O)c1ccc(Nc2nccc(NCCN(C)C)n2)cc1. The average molecular weight is 315 g/mol. The summed E-state index contributed by atoms with van der Waals surface area (Å²) in [6, 6.07) is 8.76. The van der Waals surface area contributed by atoms with E-state index in [0.29, 0.717) is 11.5 Å². The van der Waals surface area contributed by atoms with Gasteiger partial charge in [-0.15, -0.1) is 0 Å². The van der Waals surface area contributed by atoms with Gasteiger partial charge in [0.1, 0.15) is 5.82 Å². The minimum atomic E-state index is -0.361. The summed E-state index contributed by atoms with van der Waals surface area (Å²) in [5, 5.41) is 6.34. The van der Waals surface area contributed by atoms with E-state index >= 15 is 0 Å². The quantitative estimate of drug-likeness (QED) is 0.756. The Morgan fingerprint density at radius 1 is 1.22 bits per heavy atom. The maximum atomic E-state index is 11.4. The fourth-order valence-corrected chi connectivity index (χ4v) is 1.86. The number of aromatic nitrogens is 2. The first kappa shape index (κ1) is 16.7. The summed E-state index contributed by atoms with van der Waals surface area (Å²) in [7, 11) is 5.40. The van der Waals surface area contributed by atoms with Crippen molar-refractivity contribution in [3.63, 3.8) is 0 Å². The van der Waals surface area contributed by atoms with E-state index in [1.54, 1.807) is 30.5 Å². The highest BCUT2D eigenvalue weighted by atomic mass is 16.5. The third kappa shape index (κ3) is 5.23. The molecule has 2 rings (SSSR count). The van der Waals surface area contributed by atoms with Crippen molar-refractivity contribution in [1.29, 1.82) is 0 Å². The van der Waals surface area contributed by atoms with Crippen LogP contribution in [0.3, 0.4) is 0 Å². The van der Waals surface area contributed by atoms with Gasteiger partial charge in [0, 0.05) is 25.0 Å². The maximum absolute atomic E-state index is 11.4. The number of methoxy groups -OCH3 is 1. The number of hydrogen-bond donors (Lipinski definition) is 2. The summed E-state index contributed by atoms with van der Waals surface area (Å²) in [5.41, 5.74) is 1.29. The van der Waals surface area contributed by atoms with E-state index < -0.39 is 0 Å². The molecule has 1 aromatic heterocycles. The summed E-state index contributed by atoms with van der Waals surface area (Å²) < 4.78 is 4.67. The fourth-order valence-electron chi connectivity index (χ4n) is 1.86. The van der Waals surface area contributed by atoms with Crippen LogP contribution < -0.4 is 10.6 Å². The first-order valence-electron chi connectivity index (χ1n) is 7.25. The van der Waals surface area contributed by atoms with Crippen molar-refractivity contribution in [2.45, 2.75) is 0 Å². The number of likely N-dealkylation sites (N-methyl/N-ethyl adjacent to an activating group) is 1. The molecular formula is C16H21N5O2. The molecule has 0 radical (unpaired) electrons. The summed E-state index contributed by atoms with van der Waals surface area (Å²) in [6.45, 7) is 1.72.